The molecule has 0 aliphatic carbocycles. The number of hydrogen-bond acceptors (Lipinski definition) is 4. The Kier molecular flexibility index (Phi) is 4.35. The van der Waals surface area contributed by atoms with Gasteiger partial charge in [-0.2, -0.15) is 0 Å². The molecule has 0 aromatic heterocycles. The number of carbonyl (C=O) groups is 2. The molecule has 0 bridgehead atoms. The normalized spacial score (nSPS) is 10.3. The number of aldehydes is 2. The van der Waals surface area contributed by atoms with Crippen molar-refractivity contribution in [3.05, 3.63) is 35.4 Å². The van der Waals surface area contributed by atoms with E-state index in [0.717, 1.165) is 10.8 Å². The van der Waals surface area contributed by atoms with Gasteiger partial charge in [-0.3, -0.25) is 9.59 Å². The number of ether oxygens (including phenoxy) is 2. The highest BCUT2D eigenvalue weighted by molar-refractivity contribution is 6.08. The van der Waals surface area contributed by atoms with Gasteiger partial charge in [0.15, 0.2) is 12.6 Å². The summed E-state index contributed by atoms with van der Waals surface area (Å²) >= 11 is 0. The molecule has 0 amide bonds. The van der Waals surface area contributed by atoms with Crippen molar-refractivity contribution < 1.29 is 19.1 Å². The Hall–Kier alpha value is -2.36. The predicted octanol–water partition coefficient (Wildman–Crippen LogP) is 3.26. The van der Waals surface area contributed by atoms with Crippen LogP contribution in [0.2, 0.25) is 0 Å². The van der Waals surface area contributed by atoms with E-state index in [0.29, 0.717) is 37.3 Å². The van der Waals surface area contributed by atoms with Crippen molar-refractivity contribution in [3.8, 4) is 11.5 Å². The zero-order valence-corrected chi connectivity index (χ0v) is 11.5. The molecule has 4 heteroatoms. The lowest BCUT2D eigenvalue weighted by molar-refractivity contribution is 0.109. The summed E-state index contributed by atoms with van der Waals surface area (Å²) in [6, 6.07) is 7.42. The largest absolute Gasteiger partial charge is 0.492 e. The third-order valence-corrected chi connectivity index (χ3v) is 3.01. The summed E-state index contributed by atoms with van der Waals surface area (Å²) in [6.07, 6.45) is 1.29. The van der Waals surface area contributed by atoms with Gasteiger partial charge in [-0.15, -0.1) is 0 Å². The van der Waals surface area contributed by atoms with Crippen LogP contribution in [-0.2, 0) is 0 Å². The molecule has 104 valence electrons. The predicted molar refractivity (Wildman–Crippen MR) is 77.1 cm³/mol. The van der Waals surface area contributed by atoms with Crippen molar-refractivity contribution in [1.29, 1.82) is 0 Å². The van der Waals surface area contributed by atoms with Crippen LogP contribution in [-0.4, -0.2) is 25.8 Å². The molecule has 0 aliphatic heterocycles. The lowest BCUT2D eigenvalue weighted by atomic mass is 9.99. The summed E-state index contributed by atoms with van der Waals surface area (Å²) in [5.41, 5.74) is 0.480. The Labute approximate surface area is 117 Å². The van der Waals surface area contributed by atoms with Gasteiger partial charge in [0.05, 0.1) is 24.3 Å². The van der Waals surface area contributed by atoms with E-state index in [2.05, 4.69) is 0 Å². The first-order valence-electron chi connectivity index (χ1n) is 6.53. The smallest absolute Gasteiger partial charge is 0.154 e. The number of benzene rings is 2. The minimum atomic E-state index is 0.240. The van der Waals surface area contributed by atoms with E-state index in [-0.39, 0.29) is 11.1 Å². The van der Waals surface area contributed by atoms with Crippen molar-refractivity contribution in [2.24, 2.45) is 0 Å². The van der Waals surface area contributed by atoms with Crippen molar-refractivity contribution >= 4 is 23.3 Å². The first-order valence-corrected chi connectivity index (χ1v) is 6.53. The quantitative estimate of drug-likeness (QED) is 0.757. The third kappa shape index (κ3) is 2.25. The molecule has 2 aromatic carbocycles. The van der Waals surface area contributed by atoms with Crippen LogP contribution >= 0.6 is 0 Å². The monoisotopic (exact) mass is 272 g/mol. The highest BCUT2D eigenvalue weighted by atomic mass is 16.5. The standard InChI is InChI=1S/C16H16O4/c1-3-19-15-11-7-5-6-8-12(11)16(20-4-2)14(10-18)13(15)9-17/h5-10H,3-4H2,1-2H3. The molecule has 0 unspecified atom stereocenters. The Morgan fingerprint density at radius 1 is 0.850 bits per heavy atom. The summed E-state index contributed by atoms with van der Waals surface area (Å²) in [6.45, 7) is 4.50. The van der Waals surface area contributed by atoms with Crippen molar-refractivity contribution in [2.75, 3.05) is 13.2 Å². The van der Waals surface area contributed by atoms with Crippen LogP contribution in [0.15, 0.2) is 24.3 Å². The molecular weight excluding hydrogens is 256 g/mol. The van der Waals surface area contributed by atoms with Crippen LogP contribution in [0.5, 0.6) is 11.5 Å². The summed E-state index contributed by atoms with van der Waals surface area (Å²) < 4.78 is 11.1. The summed E-state index contributed by atoms with van der Waals surface area (Å²) in [5, 5.41) is 1.54. The Morgan fingerprint density at radius 3 is 1.55 bits per heavy atom. The molecule has 0 spiro atoms. The Morgan fingerprint density at radius 2 is 1.25 bits per heavy atom. The topological polar surface area (TPSA) is 52.6 Å². The Bertz CT molecular complexity index is 590. The lowest BCUT2D eigenvalue weighted by Gasteiger charge is -2.17. The number of fused-ring (bicyclic) bond motifs is 1. The third-order valence-electron chi connectivity index (χ3n) is 3.01. The van der Waals surface area contributed by atoms with E-state index >= 15 is 0 Å². The minimum Gasteiger partial charge on any atom is -0.492 e. The van der Waals surface area contributed by atoms with Crippen LogP contribution in [0.1, 0.15) is 34.6 Å². The van der Waals surface area contributed by atoms with Crippen molar-refractivity contribution in [3.63, 3.8) is 0 Å². The molecule has 0 saturated carbocycles. The van der Waals surface area contributed by atoms with E-state index in [4.69, 9.17) is 9.47 Å². The van der Waals surface area contributed by atoms with Crippen LogP contribution < -0.4 is 9.47 Å². The molecular formula is C16H16O4. The van der Waals surface area contributed by atoms with E-state index < -0.39 is 0 Å². The van der Waals surface area contributed by atoms with E-state index in [1.54, 1.807) is 0 Å². The first kappa shape index (κ1) is 14.1. The Balaban J connectivity index is 2.92. The van der Waals surface area contributed by atoms with Crippen molar-refractivity contribution in [2.45, 2.75) is 13.8 Å². The van der Waals surface area contributed by atoms with E-state index in [9.17, 15) is 9.59 Å². The second kappa shape index (κ2) is 6.19. The molecule has 20 heavy (non-hydrogen) atoms. The van der Waals surface area contributed by atoms with Gasteiger partial charge in [0, 0.05) is 10.8 Å². The number of carbonyl (C=O) groups excluding carboxylic acids is 2. The van der Waals surface area contributed by atoms with Crippen LogP contribution in [0.4, 0.5) is 0 Å². The molecule has 0 N–H and O–H groups in total. The van der Waals surface area contributed by atoms with Crippen LogP contribution in [0, 0.1) is 0 Å². The van der Waals surface area contributed by atoms with Gasteiger partial charge in [-0.25, -0.2) is 0 Å². The van der Waals surface area contributed by atoms with E-state index in [1.807, 2.05) is 38.1 Å². The molecule has 0 aliphatic rings. The lowest BCUT2D eigenvalue weighted by Crippen LogP contribution is -2.05. The fourth-order valence-electron chi connectivity index (χ4n) is 2.25. The van der Waals surface area contributed by atoms with Gasteiger partial charge in [0.1, 0.15) is 11.5 Å². The van der Waals surface area contributed by atoms with Gasteiger partial charge >= 0.3 is 0 Å². The first-order chi connectivity index (χ1) is 9.78. The molecule has 2 aromatic rings. The zero-order chi connectivity index (χ0) is 14.5. The minimum absolute atomic E-state index is 0.240. The molecule has 4 nitrogen and oxygen atoms in total. The van der Waals surface area contributed by atoms with Crippen molar-refractivity contribution in [1.82, 2.24) is 0 Å². The van der Waals surface area contributed by atoms with Gasteiger partial charge in [0.25, 0.3) is 0 Å². The average Bonchev–Trinajstić information content (AvgIpc) is 2.49. The molecule has 0 heterocycles. The van der Waals surface area contributed by atoms with Crippen LogP contribution in [0.3, 0.4) is 0 Å². The summed E-state index contributed by atoms with van der Waals surface area (Å²) in [7, 11) is 0. The highest BCUT2D eigenvalue weighted by Gasteiger charge is 2.20. The fourth-order valence-corrected chi connectivity index (χ4v) is 2.25. The van der Waals surface area contributed by atoms with Crippen LogP contribution in [0.25, 0.3) is 10.8 Å². The highest BCUT2D eigenvalue weighted by Crippen LogP contribution is 2.39. The summed E-state index contributed by atoms with van der Waals surface area (Å²) in [5.74, 6) is 0.868. The molecule has 0 fully saturated rings. The second-order valence-electron chi connectivity index (χ2n) is 4.13. The van der Waals surface area contributed by atoms with Gasteiger partial charge in [-0.05, 0) is 13.8 Å². The fraction of sp³-hybridized carbons (Fsp3) is 0.250. The van der Waals surface area contributed by atoms with Gasteiger partial charge < -0.3 is 9.47 Å². The van der Waals surface area contributed by atoms with Gasteiger partial charge in [0.2, 0.25) is 0 Å². The molecule has 2 rings (SSSR count). The maximum absolute atomic E-state index is 11.4. The average molecular weight is 272 g/mol. The molecule has 0 atom stereocenters. The maximum atomic E-state index is 11.4. The number of hydrogen-bond donors (Lipinski definition) is 0. The SMILES string of the molecule is CCOc1c(C=O)c(C=O)c(OCC)c2ccccc12. The molecule has 0 saturated heterocycles. The van der Waals surface area contributed by atoms with Gasteiger partial charge in [-0.1, -0.05) is 24.3 Å². The summed E-state index contributed by atoms with van der Waals surface area (Å²) in [4.78, 5) is 22.8. The molecule has 0 radical (unpaired) electrons. The zero-order valence-electron chi connectivity index (χ0n) is 11.5. The second-order valence-corrected chi connectivity index (χ2v) is 4.13. The maximum Gasteiger partial charge on any atom is 0.154 e. The number of rotatable bonds is 6. The van der Waals surface area contributed by atoms with E-state index in [1.165, 1.54) is 0 Å².